The highest BCUT2D eigenvalue weighted by atomic mass is 79.9. The number of amides is 2. The van der Waals surface area contributed by atoms with E-state index in [1.807, 2.05) is 0 Å². The molecule has 98 valence electrons. The molecule has 1 aromatic rings. The minimum Gasteiger partial charge on any atom is -0.368 e. The number of likely N-dealkylation sites (tertiary alicyclic amines) is 1. The third-order valence-corrected chi connectivity index (χ3v) is 3.41. The van der Waals surface area contributed by atoms with Gasteiger partial charge in [0, 0.05) is 19.7 Å². The molecule has 0 radical (unpaired) electrons. The van der Waals surface area contributed by atoms with Crippen LogP contribution in [0.15, 0.2) is 10.7 Å². The quantitative estimate of drug-likeness (QED) is 0.847. The number of rotatable bonds is 2. The summed E-state index contributed by atoms with van der Waals surface area (Å²) in [7, 11) is 1.66. The molecule has 2 heterocycles. The fourth-order valence-electron chi connectivity index (χ4n) is 2.02. The number of hydrogen-bond acceptors (Lipinski definition) is 3. The Bertz CT molecular complexity index is 504. The van der Waals surface area contributed by atoms with Crippen LogP contribution >= 0.6 is 15.9 Å². The molecule has 6 nitrogen and oxygen atoms in total. The Morgan fingerprint density at radius 1 is 1.61 bits per heavy atom. The summed E-state index contributed by atoms with van der Waals surface area (Å²) in [5, 5.41) is 3.98. The highest BCUT2D eigenvalue weighted by Crippen LogP contribution is 2.24. The van der Waals surface area contributed by atoms with Gasteiger partial charge in [-0.3, -0.25) is 14.3 Å². The van der Waals surface area contributed by atoms with Gasteiger partial charge < -0.3 is 10.6 Å². The maximum Gasteiger partial charge on any atom is 0.276 e. The summed E-state index contributed by atoms with van der Waals surface area (Å²) in [6.45, 7) is -0.130. The first-order valence-corrected chi connectivity index (χ1v) is 6.13. The van der Waals surface area contributed by atoms with E-state index in [2.05, 4.69) is 21.0 Å². The monoisotopic (exact) mass is 318 g/mol. The highest BCUT2D eigenvalue weighted by molar-refractivity contribution is 9.10. The van der Waals surface area contributed by atoms with Gasteiger partial charge in [0.25, 0.3) is 5.91 Å². The van der Waals surface area contributed by atoms with Crippen molar-refractivity contribution in [2.24, 2.45) is 12.8 Å². The number of nitrogens with zero attached hydrogens (tertiary/aromatic N) is 3. The van der Waals surface area contributed by atoms with Crippen molar-refractivity contribution >= 4 is 27.7 Å². The molecule has 1 aliphatic rings. The van der Waals surface area contributed by atoms with Gasteiger partial charge >= 0.3 is 0 Å². The molecule has 2 amide bonds. The summed E-state index contributed by atoms with van der Waals surface area (Å²) in [6, 6.07) is -0.901. The lowest BCUT2D eigenvalue weighted by atomic mass is 10.2. The second-order valence-corrected chi connectivity index (χ2v) is 5.06. The molecule has 2 N–H and O–H groups in total. The van der Waals surface area contributed by atoms with Crippen LogP contribution in [-0.2, 0) is 11.8 Å². The summed E-state index contributed by atoms with van der Waals surface area (Å²) in [5.74, 6) is -1.19. The van der Waals surface area contributed by atoms with Gasteiger partial charge in [0.2, 0.25) is 5.91 Å². The van der Waals surface area contributed by atoms with Crippen LogP contribution < -0.4 is 5.73 Å². The number of carbonyl (C=O) groups excluding carboxylic acids is 2. The fraction of sp³-hybridized carbons (Fsp3) is 0.500. The minimum absolute atomic E-state index is 0.0501. The molecule has 1 fully saturated rings. The summed E-state index contributed by atoms with van der Waals surface area (Å²) >= 11 is 3.20. The summed E-state index contributed by atoms with van der Waals surface area (Å²) in [5.41, 5.74) is 5.32. The first-order chi connectivity index (χ1) is 8.40. The van der Waals surface area contributed by atoms with E-state index in [4.69, 9.17) is 5.73 Å². The molecule has 1 aromatic heterocycles. The van der Waals surface area contributed by atoms with E-state index in [1.54, 1.807) is 13.2 Å². The molecule has 1 saturated heterocycles. The number of hydrogen-bond donors (Lipinski definition) is 1. The van der Waals surface area contributed by atoms with Crippen molar-refractivity contribution in [2.75, 3.05) is 6.54 Å². The lowest BCUT2D eigenvalue weighted by Gasteiger charge is -2.20. The normalized spacial score (nSPS) is 23.4. The molecule has 0 aromatic carbocycles. The highest BCUT2D eigenvalue weighted by Gasteiger charge is 2.40. The molecule has 0 bridgehead atoms. The summed E-state index contributed by atoms with van der Waals surface area (Å²) in [6.07, 6.45) is 0.329. The van der Waals surface area contributed by atoms with Crippen LogP contribution in [0.4, 0.5) is 4.39 Å². The zero-order valence-electron chi connectivity index (χ0n) is 9.64. The van der Waals surface area contributed by atoms with Crippen molar-refractivity contribution in [3.63, 3.8) is 0 Å². The number of aryl methyl sites for hydroxylation is 1. The van der Waals surface area contributed by atoms with Crippen molar-refractivity contribution in [3.8, 4) is 0 Å². The van der Waals surface area contributed by atoms with Gasteiger partial charge in [-0.2, -0.15) is 5.10 Å². The molecule has 1 aliphatic heterocycles. The molecular weight excluding hydrogens is 307 g/mol. The smallest absolute Gasteiger partial charge is 0.276 e. The molecule has 2 atom stereocenters. The van der Waals surface area contributed by atoms with E-state index in [1.165, 1.54) is 4.68 Å². The first kappa shape index (κ1) is 13.0. The zero-order chi connectivity index (χ0) is 13.4. The zero-order valence-corrected chi connectivity index (χ0v) is 11.2. The van der Waals surface area contributed by atoms with Gasteiger partial charge in [-0.15, -0.1) is 0 Å². The second-order valence-electron chi connectivity index (χ2n) is 4.21. The average molecular weight is 319 g/mol. The maximum absolute atomic E-state index is 13.3. The van der Waals surface area contributed by atoms with Gasteiger partial charge in [-0.1, -0.05) is 0 Å². The number of carbonyl (C=O) groups is 2. The minimum atomic E-state index is -1.23. The number of primary amides is 1. The largest absolute Gasteiger partial charge is 0.368 e. The van der Waals surface area contributed by atoms with Crippen LogP contribution in [0.2, 0.25) is 0 Å². The van der Waals surface area contributed by atoms with Crippen LogP contribution in [0.1, 0.15) is 16.9 Å². The number of halogens is 2. The van der Waals surface area contributed by atoms with Gasteiger partial charge in [-0.05, 0) is 15.9 Å². The van der Waals surface area contributed by atoms with Crippen LogP contribution in [0.5, 0.6) is 0 Å². The Balaban J connectivity index is 2.28. The van der Waals surface area contributed by atoms with Crippen molar-refractivity contribution in [2.45, 2.75) is 18.6 Å². The van der Waals surface area contributed by atoms with Gasteiger partial charge in [-0.25, -0.2) is 4.39 Å². The fourth-order valence-corrected chi connectivity index (χ4v) is 2.56. The SMILES string of the molecule is Cn1cc(Br)c(C(=O)N2C[C@H](F)C[C@H]2C(N)=O)n1. The molecular formula is C10H12BrFN4O2. The molecule has 8 heteroatoms. The topological polar surface area (TPSA) is 81.2 Å². The Hall–Kier alpha value is -1.44. The van der Waals surface area contributed by atoms with Gasteiger partial charge in [0.15, 0.2) is 5.69 Å². The van der Waals surface area contributed by atoms with Crippen molar-refractivity contribution in [3.05, 3.63) is 16.4 Å². The van der Waals surface area contributed by atoms with Crippen LogP contribution in [0.25, 0.3) is 0 Å². The van der Waals surface area contributed by atoms with Crippen molar-refractivity contribution in [1.29, 1.82) is 0 Å². The molecule has 0 saturated carbocycles. The second kappa shape index (κ2) is 4.68. The average Bonchev–Trinajstić information content (AvgIpc) is 2.81. The van der Waals surface area contributed by atoms with E-state index in [-0.39, 0.29) is 18.7 Å². The first-order valence-electron chi connectivity index (χ1n) is 5.33. The third-order valence-electron chi connectivity index (χ3n) is 2.83. The predicted octanol–water partition coefficient (Wildman–Crippen LogP) is 0.221. The number of nitrogens with two attached hydrogens (primary N) is 1. The Morgan fingerprint density at radius 2 is 2.28 bits per heavy atom. The van der Waals surface area contributed by atoms with Crippen molar-refractivity contribution < 1.29 is 14.0 Å². The van der Waals surface area contributed by atoms with E-state index < -0.39 is 24.0 Å². The lowest BCUT2D eigenvalue weighted by molar-refractivity contribution is -0.121. The molecule has 0 unspecified atom stereocenters. The Kier molecular flexibility index (Phi) is 3.38. The van der Waals surface area contributed by atoms with Crippen molar-refractivity contribution in [1.82, 2.24) is 14.7 Å². The summed E-state index contributed by atoms with van der Waals surface area (Å²) in [4.78, 5) is 24.5. The molecule has 2 rings (SSSR count). The van der Waals surface area contributed by atoms with Crippen LogP contribution in [-0.4, -0.2) is 45.3 Å². The maximum atomic E-state index is 13.3. The third kappa shape index (κ3) is 2.24. The Morgan fingerprint density at radius 3 is 2.78 bits per heavy atom. The number of aromatic nitrogens is 2. The van der Waals surface area contributed by atoms with E-state index in [9.17, 15) is 14.0 Å². The number of alkyl halides is 1. The standard InChI is InChI=1S/C10H12BrFN4O2/c1-15-4-6(11)8(14-15)10(18)16-3-5(12)2-7(16)9(13)17/h4-5,7H,2-3H2,1H3,(H2,13,17)/t5-,7+/m1/s1. The van der Waals surface area contributed by atoms with E-state index in [0.717, 1.165) is 4.90 Å². The lowest BCUT2D eigenvalue weighted by Crippen LogP contribution is -2.44. The summed E-state index contributed by atoms with van der Waals surface area (Å²) < 4.78 is 15.3. The van der Waals surface area contributed by atoms with E-state index in [0.29, 0.717) is 4.47 Å². The van der Waals surface area contributed by atoms with Crippen LogP contribution in [0.3, 0.4) is 0 Å². The van der Waals surface area contributed by atoms with Gasteiger partial charge in [0.1, 0.15) is 12.2 Å². The van der Waals surface area contributed by atoms with Crippen LogP contribution in [0, 0.1) is 0 Å². The Labute approximate surface area is 111 Å². The predicted molar refractivity (Wildman–Crippen MR) is 64.4 cm³/mol. The molecule has 0 aliphatic carbocycles. The molecule has 18 heavy (non-hydrogen) atoms. The van der Waals surface area contributed by atoms with E-state index >= 15 is 0 Å². The molecule has 0 spiro atoms. The van der Waals surface area contributed by atoms with Gasteiger partial charge in [0.05, 0.1) is 11.0 Å².